The van der Waals surface area contributed by atoms with E-state index in [2.05, 4.69) is 0 Å². The van der Waals surface area contributed by atoms with E-state index in [0.717, 1.165) is 6.42 Å². The van der Waals surface area contributed by atoms with Crippen LogP contribution < -0.4 is 4.90 Å². The van der Waals surface area contributed by atoms with Crippen molar-refractivity contribution in [2.24, 2.45) is 0 Å². The lowest BCUT2D eigenvalue weighted by molar-refractivity contribution is -0.117. The van der Waals surface area contributed by atoms with Gasteiger partial charge in [-0.2, -0.15) is 5.26 Å². The Hall–Kier alpha value is -1.89. The minimum Gasteiger partial charge on any atom is -0.309 e. The molecular formula is C11H9FN2O. The summed E-state index contributed by atoms with van der Waals surface area (Å²) in [5, 5.41) is 8.83. The summed E-state index contributed by atoms with van der Waals surface area (Å²) in [5.74, 6) is -0.624. The first-order chi connectivity index (χ1) is 7.24. The molecule has 1 fully saturated rings. The zero-order valence-corrected chi connectivity index (χ0v) is 8.03. The van der Waals surface area contributed by atoms with Crippen molar-refractivity contribution in [2.45, 2.75) is 12.8 Å². The van der Waals surface area contributed by atoms with Gasteiger partial charge in [-0.25, -0.2) is 4.39 Å². The molecule has 0 aromatic heterocycles. The normalized spacial score (nSPS) is 15.5. The number of carbonyl (C=O) groups excluding carboxylic acids is 1. The van der Waals surface area contributed by atoms with Crippen LogP contribution in [0.3, 0.4) is 0 Å². The predicted molar refractivity (Wildman–Crippen MR) is 52.7 cm³/mol. The second-order valence-corrected chi connectivity index (χ2v) is 3.40. The number of hydrogen-bond acceptors (Lipinski definition) is 2. The molecule has 1 saturated heterocycles. The third-order valence-corrected chi connectivity index (χ3v) is 2.45. The highest BCUT2D eigenvalue weighted by Crippen LogP contribution is 2.27. The fraction of sp³-hybridized carbons (Fsp3) is 0.273. The number of rotatable bonds is 1. The maximum absolute atomic E-state index is 13.5. The van der Waals surface area contributed by atoms with Gasteiger partial charge in [-0.1, -0.05) is 6.07 Å². The molecule has 15 heavy (non-hydrogen) atoms. The summed E-state index contributed by atoms with van der Waals surface area (Å²) in [6.07, 6.45) is 1.15. The third kappa shape index (κ3) is 1.57. The van der Waals surface area contributed by atoms with Crippen molar-refractivity contribution < 1.29 is 9.18 Å². The zero-order chi connectivity index (χ0) is 10.8. The van der Waals surface area contributed by atoms with Crippen molar-refractivity contribution in [1.82, 2.24) is 0 Å². The van der Waals surface area contributed by atoms with Gasteiger partial charge in [0, 0.05) is 13.0 Å². The van der Waals surface area contributed by atoms with Crippen molar-refractivity contribution in [2.75, 3.05) is 11.4 Å². The number of anilines is 1. The largest absolute Gasteiger partial charge is 0.309 e. The van der Waals surface area contributed by atoms with Crippen molar-refractivity contribution in [1.29, 1.82) is 5.26 Å². The number of nitriles is 1. The Morgan fingerprint density at radius 2 is 2.27 bits per heavy atom. The maximum Gasteiger partial charge on any atom is 0.227 e. The summed E-state index contributed by atoms with van der Waals surface area (Å²) in [6, 6.07) is 6.15. The number of nitrogens with zero attached hydrogens (tertiary/aromatic N) is 2. The van der Waals surface area contributed by atoms with Gasteiger partial charge < -0.3 is 4.90 Å². The van der Waals surface area contributed by atoms with E-state index in [4.69, 9.17) is 5.26 Å². The molecule has 0 radical (unpaired) electrons. The van der Waals surface area contributed by atoms with Crippen molar-refractivity contribution in [3.05, 3.63) is 29.6 Å². The first kappa shape index (κ1) is 9.66. The summed E-state index contributed by atoms with van der Waals surface area (Å²) in [4.78, 5) is 12.8. The van der Waals surface area contributed by atoms with E-state index in [1.54, 1.807) is 0 Å². The highest BCUT2D eigenvalue weighted by atomic mass is 19.1. The van der Waals surface area contributed by atoms with Crippen LogP contribution in [0.25, 0.3) is 0 Å². The molecule has 1 aliphatic heterocycles. The topological polar surface area (TPSA) is 44.1 Å². The van der Waals surface area contributed by atoms with Crippen molar-refractivity contribution in [3.63, 3.8) is 0 Å². The first-order valence-electron chi connectivity index (χ1n) is 4.73. The molecule has 0 N–H and O–H groups in total. The molecular weight excluding hydrogens is 195 g/mol. The lowest BCUT2D eigenvalue weighted by atomic mass is 10.1. The predicted octanol–water partition coefficient (Wildman–Crippen LogP) is 1.82. The molecule has 1 aliphatic rings. The molecule has 0 spiro atoms. The van der Waals surface area contributed by atoms with Gasteiger partial charge >= 0.3 is 0 Å². The van der Waals surface area contributed by atoms with Crippen LogP contribution in [-0.4, -0.2) is 12.5 Å². The third-order valence-electron chi connectivity index (χ3n) is 2.45. The molecule has 1 heterocycles. The standard InChI is InChI=1S/C11H9FN2O/c12-9-4-1-3-8(7-13)11(9)14-6-2-5-10(14)15/h1,3-4H,2,5-6H2. The summed E-state index contributed by atoms with van der Waals surface area (Å²) in [7, 11) is 0. The number of amides is 1. The highest BCUT2D eigenvalue weighted by Gasteiger charge is 2.26. The average molecular weight is 204 g/mol. The van der Waals surface area contributed by atoms with Crippen LogP contribution in [0.15, 0.2) is 18.2 Å². The number of para-hydroxylation sites is 1. The molecule has 4 heteroatoms. The van der Waals surface area contributed by atoms with Gasteiger partial charge in [0.25, 0.3) is 0 Å². The Labute approximate surface area is 86.7 Å². The van der Waals surface area contributed by atoms with E-state index in [0.29, 0.717) is 13.0 Å². The van der Waals surface area contributed by atoms with Crippen LogP contribution in [0.4, 0.5) is 10.1 Å². The Kier molecular flexibility index (Phi) is 2.38. The fourth-order valence-corrected chi connectivity index (χ4v) is 1.76. The number of halogens is 1. The quantitative estimate of drug-likeness (QED) is 0.700. The number of hydrogen-bond donors (Lipinski definition) is 0. The molecule has 3 nitrogen and oxygen atoms in total. The van der Waals surface area contributed by atoms with Gasteiger partial charge in [-0.05, 0) is 18.6 Å². The zero-order valence-electron chi connectivity index (χ0n) is 8.03. The Morgan fingerprint density at radius 3 is 2.87 bits per heavy atom. The van der Waals surface area contributed by atoms with Gasteiger partial charge in [0.05, 0.1) is 11.3 Å². The molecule has 0 bridgehead atoms. The summed E-state index contributed by atoms with van der Waals surface area (Å²) < 4.78 is 13.5. The molecule has 0 aliphatic carbocycles. The molecule has 1 aromatic rings. The summed E-state index contributed by atoms with van der Waals surface area (Å²) in [5.41, 5.74) is 0.341. The molecule has 0 saturated carbocycles. The van der Waals surface area contributed by atoms with Crippen LogP contribution >= 0.6 is 0 Å². The number of benzene rings is 1. The van der Waals surface area contributed by atoms with Crippen molar-refractivity contribution in [3.8, 4) is 6.07 Å². The van der Waals surface area contributed by atoms with Gasteiger partial charge in [0.15, 0.2) is 0 Å². The van der Waals surface area contributed by atoms with Gasteiger partial charge in [0.1, 0.15) is 11.9 Å². The lowest BCUT2D eigenvalue weighted by Gasteiger charge is -2.17. The number of carbonyl (C=O) groups is 1. The van der Waals surface area contributed by atoms with E-state index < -0.39 is 5.82 Å². The molecule has 2 rings (SSSR count). The second kappa shape index (κ2) is 3.70. The Balaban J connectivity index is 2.51. The first-order valence-corrected chi connectivity index (χ1v) is 4.73. The Bertz CT molecular complexity index is 450. The lowest BCUT2D eigenvalue weighted by Crippen LogP contribution is -2.25. The van der Waals surface area contributed by atoms with Crippen LogP contribution in [0, 0.1) is 17.1 Å². The SMILES string of the molecule is N#Cc1cccc(F)c1N1CCCC1=O. The van der Waals surface area contributed by atoms with Gasteiger partial charge in [0.2, 0.25) is 5.91 Å². The summed E-state index contributed by atoms with van der Waals surface area (Å²) in [6.45, 7) is 0.494. The van der Waals surface area contributed by atoms with Crippen LogP contribution in [-0.2, 0) is 4.79 Å². The molecule has 1 aromatic carbocycles. The fourth-order valence-electron chi connectivity index (χ4n) is 1.76. The highest BCUT2D eigenvalue weighted by molar-refractivity contribution is 5.96. The van der Waals surface area contributed by atoms with Crippen molar-refractivity contribution >= 4 is 11.6 Å². The smallest absolute Gasteiger partial charge is 0.227 e. The van der Waals surface area contributed by atoms with E-state index in [1.165, 1.54) is 23.1 Å². The van der Waals surface area contributed by atoms with Crippen LogP contribution in [0.2, 0.25) is 0 Å². The maximum atomic E-state index is 13.5. The van der Waals surface area contributed by atoms with E-state index >= 15 is 0 Å². The van der Waals surface area contributed by atoms with E-state index in [1.807, 2.05) is 6.07 Å². The van der Waals surface area contributed by atoms with Gasteiger partial charge in [-0.3, -0.25) is 4.79 Å². The van der Waals surface area contributed by atoms with Crippen LogP contribution in [0.1, 0.15) is 18.4 Å². The monoisotopic (exact) mass is 204 g/mol. The summed E-state index contributed by atoms with van der Waals surface area (Å²) >= 11 is 0. The second-order valence-electron chi connectivity index (χ2n) is 3.40. The van der Waals surface area contributed by atoms with Crippen LogP contribution in [0.5, 0.6) is 0 Å². The minimum absolute atomic E-state index is 0.114. The Morgan fingerprint density at radius 1 is 1.47 bits per heavy atom. The molecule has 0 atom stereocenters. The minimum atomic E-state index is -0.510. The molecule has 1 amide bonds. The average Bonchev–Trinajstić information content (AvgIpc) is 2.64. The van der Waals surface area contributed by atoms with E-state index in [9.17, 15) is 9.18 Å². The molecule has 0 unspecified atom stereocenters. The van der Waals surface area contributed by atoms with Gasteiger partial charge in [-0.15, -0.1) is 0 Å². The molecule has 76 valence electrons. The van der Waals surface area contributed by atoms with E-state index in [-0.39, 0.29) is 17.2 Å².